The van der Waals surface area contributed by atoms with E-state index in [2.05, 4.69) is 95.0 Å². The minimum absolute atomic E-state index is 0.0130. The minimum Gasteiger partial charge on any atom is -0.347 e. The molecule has 4 rings (SSSR count). The SMILES string of the molecule is CC1=C(/C=C/C=C/C=C2/N(C)c3ccc(S(C)(=O)=O)cc3C2(C)C)C(C)(C)c2cc(C)ccc21. The van der Waals surface area contributed by atoms with Gasteiger partial charge in [-0.3, -0.25) is 0 Å². The fraction of sp³-hybridized carbons (Fsp3) is 0.333. The average Bonchev–Trinajstić information content (AvgIpc) is 3.06. The van der Waals surface area contributed by atoms with Crippen LogP contribution in [0.4, 0.5) is 5.69 Å². The summed E-state index contributed by atoms with van der Waals surface area (Å²) in [4.78, 5) is 2.52. The van der Waals surface area contributed by atoms with Gasteiger partial charge in [-0.05, 0) is 66.0 Å². The van der Waals surface area contributed by atoms with Crippen molar-refractivity contribution in [1.29, 1.82) is 0 Å². The average molecular weight is 474 g/mol. The largest absolute Gasteiger partial charge is 0.347 e. The van der Waals surface area contributed by atoms with E-state index in [4.69, 9.17) is 0 Å². The maximum Gasteiger partial charge on any atom is 0.175 e. The quantitative estimate of drug-likeness (QED) is 0.454. The van der Waals surface area contributed by atoms with Crippen molar-refractivity contribution in [3.8, 4) is 0 Å². The molecule has 0 radical (unpaired) electrons. The number of anilines is 1. The zero-order chi connectivity index (χ0) is 25.1. The molecule has 34 heavy (non-hydrogen) atoms. The molecule has 0 amide bonds. The fourth-order valence-electron chi connectivity index (χ4n) is 5.50. The number of aryl methyl sites for hydroxylation is 1. The molecule has 2 aromatic rings. The Labute approximate surface area is 205 Å². The summed E-state index contributed by atoms with van der Waals surface area (Å²) in [6.07, 6.45) is 11.9. The Balaban J connectivity index is 1.59. The highest BCUT2D eigenvalue weighted by molar-refractivity contribution is 7.90. The molecular weight excluding hydrogens is 438 g/mol. The van der Waals surface area contributed by atoms with E-state index in [0.717, 1.165) is 16.9 Å². The summed E-state index contributed by atoms with van der Waals surface area (Å²) < 4.78 is 24.1. The molecule has 4 heteroatoms. The highest BCUT2D eigenvalue weighted by Gasteiger charge is 2.39. The molecule has 3 nitrogen and oxygen atoms in total. The number of fused-ring (bicyclic) bond motifs is 2. The number of benzene rings is 2. The van der Waals surface area contributed by atoms with Gasteiger partial charge in [0.2, 0.25) is 0 Å². The maximum absolute atomic E-state index is 12.1. The highest BCUT2D eigenvalue weighted by Crippen LogP contribution is 2.48. The predicted molar refractivity (Wildman–Crippen MR) is 144 cm³/mol. The van der Waals surface area contributed by atoms with Crippen LogP contribution < -0.4 is 4.90 Å². The van der Waals surface area contributed by atoms with Crippen molar-refractivity contribution in [2.24, 2.45) is 0 Å². The zero-order valence-electron chi connectivity index (χ0n) is 21.5. The van der Waals surface area contributed by atoms with Crippen molar-refractivity contribution in [1.82, 2.24) is 0 Å². The summed E-state index contributed by atoms with van der Waals surface area (Å²) in [5.41, 5.74) is 9.66. The van der Waals surface area contributed by atoms with E-state index >= 15 is 0 Å². The van der Waals surface area contributed by atoms with Crippen molar-refractivity contribution in [2.75, 3.05) is 18.2 Å². The Morgan fingerprint density at radius 1 is 0.853 bits per heavy atom. The Kier molecular flexibility index (Phi) is 5.80. The van der Waals surface area contributed by atoms with Gasteiger partial charge in [0.15, 0.2) is 9.84 Å². The van der Waals surface area contributed by atoms with Gasteiger partial charge < -0.3 is 4.90 Å². The third kappa shape index (κ3) is 3.88. The Hall–Kier alpha value is -2.85. The third-order valence-corrected chi connectivity index (χ3v) is 8.61. The summed E-state index contributed by atoms with van der Waals surface area (Å²) in [6.45, 7) is 13.2. The second-order valence-electron chi connectivity index (χ2n) is 10.6. The number of sulfone groups is 1. The lowest BCUT2D eigenvalue weighted by molar-refractivity contribution is 0.600. The normalized spacial score (nSPS) is 20.1. The first-order valence-corrected chi connectivity index (χ1v) is 13.6. The van der Waals surface area contributed by atoms with Crippen LogP contribution in [0.15, 0.2) is 82.9 Å². The predicted octanol–water partition coefficient (Wildman–Crippen LogP) is 6.89. The molecule has 0 spiro atoms. The summed E-state index contributed by atoms with van der Waals surface area (Å²) in [7, 11) is -1.20. The molecule has 1 heterocycles. The van der Waals surface area contributed by atoms with E-state index in [9.17, 15) is 8.42 Å². The van der Waals surface area contributed by atoms with Crippen molar-refractivity contribution >= 4 is 21.1 Å². The van der Waals surface area contributed by atoms with E-state index in [1.54, 1.807) is 6.07 Å². The Bertz CT molecular complexity index is 1400. The van der Waals surface area contributed by atoms with Gasteiger partial charge in [-0.25, -0.2) is 8.42 Å². The zero-order valence-corrected chi connectivity index (χ0v) is 22.3. The van der Waals surface area contributed by atoms with Gasteiger partial charge in [0.1, 0.15) is 0 Å². The highest BCUT2D eigenvalue weighted by atomic mass is 32.2. The molecule has 0 fully saturated rings. The number of likely N-dealkylation sites (N-methyl/N-ethyl adjacent to an activating group) is 1. The Morgan fingerprint density at radius 3 is 2.24 bits per heavy atom. The number of nitrogens with zero attached hydrogens (tertiary/aromatic N) is 1. The number of hydrogen-bond donors (Lipinski definition) is 0. The van der Waals surface area contributed by atoms with E-state index in [-0.39, 0.29) is 10.8 Å². The van der Waals surface area contributed by atoms with Gasteiger partial charge in [-0.1, -0.05) is 75.8 Å². The molecule has 0 bridgehead atoms. The molecule has 0 saturated heterocycles. The monoisotopic (exact) mass is 473 g/mol. The lowest BCUT2D eigenvalue weighted by Gasteiger charge is -2.23. The van der Waals surface area contributed by atoms with Crippen LogP contribution in [0.1, 0.15) is 56.9 Å². The smallest absolute Gasteiger partial charge is 0.175 e. The molecule has 0 aromatic heterocycles. The standard InChI is InChI=1S/C30H35NO2S/c1-20-14-16-23-21(2)24(29(3,4)25(23)18-20)12-10-9-11-13-28-30(5,6)26-19-22(34(8,32)33)15-17-27(26)31(28)7/h9-19H,1-8H3/b11-9+,12-10+,28-13+. The van der Waals surface area contributed by atoms with Gasteiger partial charge in [0.25, 0.3) is 0 Å². The molecule has 0 atom stereocenters. The molecule has 0 N–H and O–H groups in total. The number of rotatable bonds is 4. The number of allylic oxidation sites excluding steroid dienone is 8. The topological polar surface area (TPSA) is 37.4 Å². The molecule has 2 aromatic carbocycles. The van der Waals surface area contributed by atoms with Gasteiger partial charge in [0.05, 0.1) is 4.90 Å². The van der Waals surface area contributed by atoms with Gasteiger partial charge >= 0.3 is 0 Å². The summed E-state index contributed by atoms with van der Waals surface area (Å²) in [5, 5.41) is 0. The first-order valence-electron chi connectivity index (χ1n) is 11.7. The second kappa shape index (κ2) is 8.13. The van der Waals surface area contributed by atoms with Gasteiger partial charge in [0, 0.05) is 35.5 Å². The molecule has 0 unspecified atom stereocenters. The van der Waals surface area contributed by atoms with E-state index < -0.39 is 9.84 Å². The van der Waals surface area contributed by atoms with Crippen LogP contribution in [0.3, 0.4) is 0 Å². The van der Waals surface area contributed by atoms with Crippen LogP contribution in [-0.2, 0) is 20.7 Å². The minimum atomic E-state index is -3.24. The van der Waals surface area contributed by atoms with Crippen LogP contribution >= 0.6 is 0 Å². The molecular formula is C30H35NO2S. The lowest BCUT2D eigenvalue weighted by Crippen LogP contribution is -2.22. The second-order valence-corrected chi connectivity index (χ2v) is 12.7. The van der Waals surface area contributed by atoms with Gasteiger partial charge in [-0.15, -0.1) is 0 Å². The van der Waals surface area contributed by atoms with E-state index in [1.165, 1.54) is 34.1 Å². The molecule has 2 aliphatic rings. The lowest BCUT2D eigenvalue weighted by atomic mass is 9.80. The van der Waals surface area contributed by atoms with Crippen molar-refractivity contribution in [2.45, 2.75) is 57.3 Å². The third-order valence-electron chi connectivity index (χ3n) is 7.50. The molecule has 0 saturated carbocycles. The molecule has 1 aliphatic heterocycles. The van der Waals surface area contributed by atoms with Gasteiger partial charge in [-0.2, -0.15) is 0 Å². The van der Waals surface area contributed by atoms with Crippen LogP contribution in [0, 0.1) is 6.92 Å². The van der Waals surface area contributed by atoms with Crippen LogP contribution in [-0.4, -0.2) is 21.7 Å². The molecule has 1 aliphatic carbocycles. The van der Waals surface area contributed by atoms with E-state index in [1.807, 2.05) is 19.2 Å². The maximum atomic E-state index is 12.1. The summed E-state index contributed by atoms with van der Waals surface area (Å²) in [5.74, 6) is 0. The van der Waals surface area contributed by atoms with Crippen LogP contribution in [0.2, 0.25) is 0 Å². The van der Waals surface area contributed by atoms with Crippen molar-refractivity contribution in [3.05, 3.63) is 100 Å². The van der Waals surface area contributed by atoms with Crippen molar-refractivity contribution < 1.29 is 8.42 Å². The van der Waals surface area contributed by atoms with Crippen molar-refractivity contribution in [3.63, 3.8) is 0 Å². The number of hydrogen-bond acceptors (Lipinski definition) is 3. The summed E-state index contributed by atoms with van der Waals surface area (Å²) in [6, 6.07) is 12.2. The van der Waals surface area contributed by atoms with E-state index in [0.29, 0.717) is 4.90 Å². The first-order chi connectivity index (χ1) is 15.8. The summed E-state index contributed by atoms with van der Waals surface area (Å²) >= 11 is 0. The first kappa shape index (κ1) is 24.3. The molecule has 178 valence electrons. The van der Waals surface area contributed by atoms with Crippen LogP contribution in [0.25, 0.3) is 5.57 Å². The fourth-order valence-corrected chi connectivity index (χ4v) is 6.15. The van der Waals surface area contributed by atoms with Crippen LogP contribution in [0.5, 0.6) is 0 Å². The Morgan fingerprint density at radius 2 is 1.56 bits per heavy atom.